The maximum atomic E-state index is 4.21. The molecule has 15 heavy (non-hydrogen) atoms. The number of nitrogens with zero attached hydrogens (tertiary/aromatic N) is 2. The summed E-state index contributed by atoms with van der Waals surface area (Å²) in [6.07, 6.45) is 4.89. The molecular formula is C12H21N3. The van der Waals surface area contributed by atoms with E-state index < -0.39 is 0 Å². The molecule has 1 heterocycles. The Hall–Kier alpha value is -1.25. The zero-order valence-electron chi connectivity index (χ0n) is 10.1. The van der Waals surface area contributed by atoms with Crippen LogP contribution in [-0.2, 0) is 7.05 Å². The molecule has 0 radical (unpaired) electrons. The Kier molecular flexibility index (Phi) is 3.95. The normalized spacial score (nSPS) is 14.7. The van der Waals surface area contributed by atoms with Crippen LogP contribution in [0.4, 0.5) is 5.69 Å². The molecular weight excluding hydrogens is 186 g/mol. The van der Waals surface area contributed by atoms with Crippen molar-refractivity contribution in [1.82, 2.24) is 9.78 Å². The van der Waals surface area contributed by atoms with Gasteiger partial charge >= 0.3 is 0 Å². The van der Waals surface area contributed by atoms with Crippen molar-refractivity contribution in [2.75, 3.05) is 5.32 Å². The molecule has 3 nitrogen and oxygen atoms in total. The molecule has 3 heteroatoms. The number of anilines is 1. The predicted molar refractivity (Wildman–Crippen MR) is 65.0 cm³/mol. The van der Waals surface area contributed by atoms with Gasteiger partial charge in [0, 0.05) is 13.1 Å². The van der Waals surface area contributed by atoms with E-state index in [-0.39, 0.29) is 0 Å². The minimum Gasteiger partial charge on any atom is -0.380 e. The van der Waals surface area contributed by atoms with E-state index in [4.69, 9.17) is 0 Å². The van der Waals surface area contributed by atoms with Crippen molar-refractivity contribution in [1.29, 1.82) is 0 Å². The summed E-state index contributed by atoms with van der Waals surface area (Å²) < 4.78 is 1.88. The largest absolute Gasteiger partial charge is 0.380 e. The fourth-order valence-corrected chi connectivity index (χ4v) is 1.49. The first kappa shape index (κ1) is 11.8. The Labute approximate surface area is 92.2 Å². The van der Waals surface area contributed by atoms with E-state index in [1.54, 1.807) is 0 Å². The molecule has 1 rings (SSSR count). The molecule has 0 aliphatic heterocycles. The van der Waals surface area contributed by atoms with Crippen molar-refractivity contribution >= 4 is 5.69 Å². The highest BCUT2D eigenvalue weighted by atomic mass is 15.3. The molecule has 0 spiro atoms. The molecule has 0 bridgehead atoms. The van der Waals surface area contributed by atoms with Gasteiger partial charge in [-0.15, -0.1) is 6.58 Å². The lowest BCUT2D eigenvalue weighted by Gasteiger charge is -2.20. The van der Waals surface area contributed by atoms with Gasteiger partial charge in [0.05, 0.1) is 17.6 Å². The Morgan fingerprint density at radius 2 is 2.27 bits per heavy atom. The second-order valence-corrected chi connectivity index (χ2v) is 4.20. The Morgan fingerprint density at radius 3 is 2.73 bits per heavy atom. The zero-order chi connectivity index (χ0) is 11.4. The smallest absolute Gasteiger partial charge is 0.0758 e. The quantitative estimate of drug-likeness (QED) is 0.752. The average Bonchev–Trinajstić information content (AvgIpc) is 2.50. The Bertz CT molecular complexity index is 328. The number of hydrogen-bond donors (Lipinski definition) is 1. The third-order valence-electron chi connectivity index (χ3n) is 3.01. The molecule has 0 aliphatic rings. The van der Waals surface area contributed by atoms with Crippen LogP contribution in [0.2, 0.25) is 0 Å². The average molecular weight is 207 g/mol. The van der Waals surface area contributed by atoms with Gasteiger partial charge in [-0.3, -0.25) is 4.68 Å². The lowest BCUT2D eigenvalue weighted by molar-refractivity contribution is 0.517. The Balaban J connectivity index is 2.61. The molecule has 0 aliphatic carbocycles. The fourth-order valence-electron chi connectivity index (χ4n) is 1.49. The molecule has 1 aromatic rings. The van der Waals surface area contributed by atoms with E-state index in [0.717, 1.165) is 12.1 Å². The molecule has 1 aromatic heterocycles. The minimum absolute atomic E-state index is 0.436. The van der Waals surface area contributed by atoms with E-state index in [2.05, 4.69) is 37.8 Å². The standard InChI is InChI=1S/C12H21N3/c1-6-7-9(2)10(3)14-12-8-13-15(5)11(12)4/h6,8-10,14H,1,7H2,2-5H3/t9-,10-/m1/s1. The van der Waals surface area contributed by atoms with Crippen LogP contribution in [-0.4, -0.2) is 15.8 Å². The van der Waals surface area contributed by atoms with Crippen LogP contribution in [0.3, 0.4) is 0 Å². The fraction of sp³-hybridized carbons (Fsp3) is 0.583. The molecule has 0 saturated carbocycles. The highest BCUT2D eigenvalue weighted by molar-refractivity contribution is 5.46. The van der Waals surface area contributed by atoms with E-state index in [0.29, 0.717) is 12.0 Å². The van der Waals surface area contributed by atoms with Gasteiger partial charge in [-0.25, -0.2) is 0 Å². The third-order valence-corrected chi connectivity index (χ3v) is 3.01. The Morgan fingerprint density at radius 1 is 1.60 bits per heavy atom. The van der Waals surface area contributed by atoms with Gasteiger partial charge in [0.25, 0.3) is 0 Å². The van der Waals surface area contributed by atoms with Crippen molar-refractivity contribution in [3.63, 3.8) is 0 Å². The van der Waals surface area contributed by atoms with E-state index in [1.165, 1.54) is 5.69 Å². The third kappa shape index (κ3) is 2.85. The van der Waals surface area contributed by atoms with Crippen molar-refractivity contribution in [2.45, 2.75) is 33.2 Å². The van der Waals surface area contributed by atoms with E-state index in [1.807, 2.05) is 24.0 Å². The topological polar surface area (TPSA) is 29.9 Å². The van der Waals surface area contributed by atoms with Gasteiger partial charge in [-0.05, 0) is 26.2 Å². The number of aromatic nitrogens is 2. The van der Waals surface area contributed by atoms with Crippen LogP contribution in [0, 0.1) is 12.8 Å². The van der Waals surface area contributed by atoms with Crippen molar-refractivity contribution in [3.8, 4) is 0 Å². The number of rotatable bonds is 5. The molecule has 0 amide bonds. The SMILES string of the molecule is C=CC[C@@H](C)[C@@H](C)Nc1cnn(C)c1C. The van der Waals surface area contributed by atoms with Gasteiger partial charge in [0.1, 0.15) is 0 Å². The maximum absolute atomic E-state index is 4.21. The molecule has 0 aromatic carbocycles. The number of nitrogens with one attached hydrogen (secondary N) is 1. The lowest BCUT2D eigenvalue weighted by Crippen LogP contribution is -2.23. The van der Waals surface area contributed by atoms with Gasteiger partial charge in [-0.1, -0.05) is 13.0 Å². The summed E-state index contributed by atoms with van der Waals surface area (Å²) in [4.78, 5) is 0. The number of allylic oxidation sites excluding steroid dienone is 1. The van der Waals surface area contributed by atoms with Crippen LogP contribution < -0.4 is 5.32 Å². The van der Waals surface area contributed by atoms with Crippen LogP contribution in [0.25, 0.3) is 0 Å². The molecule has 0 saturated heterocycles. The minimum atomic E-state index is 0.436. The summed E-state index contributed by atoms with van der Waals surface area (Å²) in [6.45, 7) is 10.3. The van der Waals surface area contributed by atoms with E-state index >= 15 is 0 Å². The maximum Gasteiger partial charge on any atom is 0.0758 e. The van der Waals surface area contributed by atoms with Crippen molar-refractivity contribution < 1.29 is 0 Å². The van der Waals surface area contributed by atoms with Gasteiger partial charge in [0.2, 0.25) is 0 Å². The summed E-state index contributed by atoms with van der Waals surface area (Å²) >= 11 is 0. The van der Waals surface area contributed by atoms with Gasteiger partial charge in [-0.2, -0.15) is 5.10 Å². The predicted octanol–water partition coefficient (Wildman–Crippen LogP) is 2.74. The van der Waals surface area contributed by atoms with Gasteiger partial charge in [0.15, 0.2) is 0 Å². The molecule has 0 unspecified atom stereocenters. The summed E-state index contributed by atoms with van der Waals surface area (Å²) in [5.74, 6) is 0.585. The molecule has 84 valence electrons. The summed E-state index contributed by atoms with van der Waals surface area (Å²) in [5.41, 5.74) is 2.30. The number of hydrogen-bond acceptors (Lipinski definition) is 2. The molecule has 0 fully saturated rings. The van der Waals surface area contributed by atoms with Crippen LogP contribution in [0.5, 0.6) is 0 Å². The first-order valence-electron chi connectivity index (χ1n) is 5.42. The van der Waals surface area contributed by atoms with Crippen molar-refractivity contribution in [2.24, 2.45) is 13.0 Å². The van der Waals surface area contributed by atoms with Crippen LogP contribution in [0.1, 0.15) is 26.0 Å². The summed E-state index contributed by atoms with van der Waals surface area (Å²) in [5, 5.41) is 7.69. The second kappa shape index (κ2) is 5.01. The van der Waals surface area contributed by atoms with Crippen LogP contribution in [0.15, 0.2) is 18.9 Å². The first-order valence-corrected chi connectivity index (χ1v) is 5.42. The first-order chi connectivity index (χ1) is 7.06. The highest BCUT2D eigenvalue weighted by Gasteiger charge is 2.12. The molecule has 2 atom stereocenters. The van der Waals surface area contributed by atoms with Crippen LogP contribution >= 0.6 is 0 Å². The van der Waals surface area contributed by atoms with E-state index in [9.17, 15) is 0 Å². The summed E-state index contributed by atoms with van der Waals surface area (Å²) in [6, 6.07) is 0.436. The van der Waals surface area contributed by atoms with Crippen molar-refractivity contribution in [3.05, 3.63) is 24.5 Å². The van der Waals surface area contributed by atoms with Gasteiger partial charge < -0.3 is 5.32 Å². The second-order valence-electron chi connectivity index (χ2n) is 4.20. The highest BCUT2D eigenvalue weighted by Crippen LogP contribution is 2.18. The number of aryl methyl sites for hydroxylation is 1. The summed E-state index contributed by atoms with van der Waals surface area (Å²) in [7, 11) is 1.96. The molecule has 1 N–H and O–H groups in total. The lowest BCUT2D eigenvalue weighted by atomic mass is 10.00. The zero-order valence-corrected chi connectivity index (χ0v) is 10.1. The monoisotopic (exact) mass is 207 g/mol.